The van der Waals surface area contributed by atoms with Crippen LogP contribution in [0.1, 0.15) is 41.1 Å². The van der Waals surface area contributed by atoms with Gasteiger partial charge in [0.25, 0.3) is 0 Å². The van der Waals surface area contributed by atoms with Gasteiger partial charge in [-0.15, -0.1) is 0 Å². The van der Waals surface area contributed by atoms with E-state index in [1.807, 2.05) is 35.7 Å². The van der Waals surface area contributed by atoms with Gasteiger partial charge in [-0.05, 0) is 73.8 Å². The van der Waals surface area contributed by atoms with Crippen LogP contribution in [0.3, 0.4) is 0 Å². The molecule has 3 N–H and O–H groups in total. The highest BCUT2D eigenvalue weighted by Crippen LogP contribution is 2.36. The molecule has 7 nitrogen and oxygen atoms in total. The van der Waals surface area contributed by atoms with Crippen LogP contribution in [0.4, 0.5) is 0 Å². The van der Waals surface area contributed by atoms with Crippen LogP contribution >= 0.6 is 0 Å². The van der Waals surface area contributed by atoms with E-state index >= 15 is 0 Å². The minimum Gasteiger partial charge on any atom is -0.460 e. The number of imidazole rings is 1. The van der Waals surface area contributed by atoms with Crippen molar-refractivity contribution in [3.05, 3.63) is 70.7 Å². The Morgan fingerprint density at radius 3 is 2.58 bits per heavy atom. The summed E-state index contributed by atoms with van der Waals surface area (Å²) >= 11 is 0. The Bertz CT molecular complexity index is 1330. The Morgan fingerprint density at radius 1 is 1.03 bits per heavy atom. The molecule has 1 unspecified atom stereocenters. The van der Waals surface area contributed by atoms with Crippen LogP contribution in [0, 0.1) is 6.92 Å². The van der Waals surface area contributed by atoms with Crippen molar-refractivity contribution in [2.24, 2.45) is 0 Å². The molecule has 5 heterocycles. The van der Waals surface area contributed by atoms with Crippen LogP contribution in [0.15, 0.2) is 42.5 Å². The van der Waals surface area contributed by atoms with Gasteiger partial charge in [-0.2, -0.15) is 5.10 Å². The number of fused-ring (bicyclic) bond motifs is 2. The SMILES string of the molecule is Cc1nc2ccc(C3=Cc4ccc(C5=CCNCC5)cc4OC3O)nn2c1C1=CCNCC1. The first-order valence-corrected chi connectivity index (χ1v) is 11.5. The highest BCUT2D eigenvalue weighted by molar-refractivity contribution is 5.86. The van der Waals surface area contributed by atoms with Crippen molar-refractivity contribution in [2.75, 3.05) is 26.2 Å². The number of aryl methyl sites for hydroxylation is 1. The van der Waals surface area contributed by atoms with Crippen LogP contribution < -0.4 is 15.4 Å². The lowest BCUT2D eigenvalue weighted by Gasteiger charge is -2.24. The molecule has 0 spiro atoms. The molecule has 0 fully saturated rings. The number of nitrogens with one attached hydrogen (secondary N) is 2. The highest BCUT2D eigenvalue weighted by atomic mass is 16.6. The average Bonchev–Trinajstić information content (AvgIpc) is 3.19. The lowest BCUT2D eigenvalue weighted by molar-refractivity contribution is 0.0316. The first-order valence-electron chi connectivity index (χ1n) is 11.5. The maximum absolute atomic E-state index is 10.9. The molecule has 0 saturated carbocycles. The molecule has 3 aliphatic heterocycles. The normalized spacial score (nSPS) is 20.5. The Labute approximate surface area is 192 Å². The number of aromatic nitrogens is 3. The third-order valence-electron chi connectivity index (χ3n) is 6.58. The summed E-state index contributed by atoms with van der Waals surface area (Å²) in [7, 11) is 0. The Balaban J connectivity index is 1.39. The van der Waals surface area contributed by atoms with Gasteiger partial charge in [0.1, 0.15) is 5.75 Å². The van der Waals surface area contributed by atoms with E-state index in [2.05, 4.69) is 34.9 Å². The first kappa shape index (κ1) is 20.4. The van der Waals surface area contributed by atoms with Crippen molar-refractivity contribution in [1.82, 2.24) is 25.2 Å². The Kier molecular flexibility index (Phi) is 5.10. The van der Waals surface area contributed by atoms with Crippen LogP contribution in [-0.2, 0) is 0 Å². The van der Waals surface area contributed by atoms with Gasteiger partial charge in [0.05, 0.1) is 17.1 Å². The maximum Gasteiger partial charge on any atom is 0.226 e. The van der Waals surface area contributed by atoms with E-state index in [1.165, 1.54) is 11.1 Å². The van der Waals surface area contributed by atoms with E-state index in [0.29, 0.717) is 17.0 Å². The molecule has 0 aliphatic carbocycles. The Hall–Kier alpha value is -3.26. The quantitative estimate of drug-likeness (QED) is 0.580. The summed E-state index contributed by atoms with van der Waals surface area (Å²) in [5.41, 5.74) is 8.79. The van der Waals surface area contributed by atoms with Crippen molar-refractivity contribution >= 4 is 28.4 Å². The molecular formula is C26H27N5O2. The van der Waals surface area contributed by atoms with E-state index in [-0.39, 0.29) is 0 Å². The second-order valence-electron chi connectivity index (χ2n) is 8.72. The van der Waals surface area contributed by atoms with E-state index in [9.17, 15) is 5.11 Å². The average molecular weight is 442 g/mol. The predicted octanol–water partition coefficient (Wildman–Crippen LogP) is 3.04. The second-order valence-corrected chi connectivity index (χ2v) is 8.72. The predicted molar refractivity (Wildman–Crippen MR) is 130 cm³/mol. The van der Waals surface area contributed by atoms with E-state index in [1.54, 1.807) is 0 Å². The fourth-order valence-corrected chi connectivity index (χ4v) is 4.87. The zero-order valence-electron chi connectivity index (χ0n) is 18.6. The van der Waals surface area contributed by atoms with E-state index in [0.717, 1.165) is 67.2 Å². The third kappa shape index (κ3) is 3.68. The molecule has 0 amide bonds. The standard InChI is InChI=1S/C26H27N5O2/c1-16-25(18-8-12-28-13-9-18)31-24(29-16)5-4-22(30-31)21-14-20-3-2-19(15-23(20)33-26(21)32)17-6-10-27-11-7-17/h2-6,8,14-15,26-28,32H,7,9-13H2,1H3. The molecule has 2 aromatic heterocycles. The van der Waals surface area contributed by atoms with Gasteiger partial charge in [-0.25, -0.2) is 9.50 Å². The molecule has 0 radical (unpaired) electrons. The van der Waals surface area contributed by atoms with Gasteiger partial charge in [0.2, 0.25) is 6.29 Å². The van der Waals surface area contributed by atoms with Crippen molar-refractivity contribution in [3.8, 4) is 5.75 Å². The number of hydrogen-bond acceptors (Lipinski definition) is 6. The lowest BCUT2D eigenvalue weighted by Crippen LogP contribution is -2.23. The molecule has 0 saturated heterocycles. The minimum atomic E-state index is -1.08. The monoisotopic (exact) mass is 441 g/mol. The highest BCUT2D eigenvalue weighted by Gasteiger charge is 2.25. The summed E-state index contributed by atoms with van der Waals surface area (Å²) in [5.74, 6) is 0.697. The molecule has 0 bridgehead atoms. The number of aliphatic hydroxyl groups is 1. The molecule has 168 valence electrons. The van der Waals surface area contributed by atoms with Crippen molar-refractivity contribution in [3.63, 3.8) is 0 Å². The van der Waals surface area contributed by atoms with Crippen LogP contribution in [0.25, 0.3) is 28.4 Å². The van der Waals surface area contributed by atoms with Crippen LogP contribution in [0.5, 0.6) is 5.75 Å². The van der Waals surface area contributed by atoms with E-state index < -0.39 is 6.29 Å². The van der Waals surface area contributed by atoms with Gasteiger partial charge < -0.3 is 20.5 Å². The number of rotatable bonds is 3. The molecule has 3 aromatic rings. The second kappa shape index (κ2) is 8.26. The van der Waals surface area contributed by atoms with Gasteiger partial charge in [0.15, 0.2) is 5.65 Å². The molecular weight excluding hydrogens is 414 g/mol. The smallest absolute Gasteiger partial charge is 0.226 e. The Morgan fingerprint density at radius 2 is 1.82 bits per heavy atom. The summed E-state index contributed by atoms with van der Waals surface area (Å²) in [5, 5.41) is 22.4. The minimum absolute atomic E-state index is 0.648. The van der Waals surface area contributed by atoms with E-state index in [4.69, 9.17) is 14.8 Å². The van der Waals surface area contributed by atoms with Crippen molar-refractivity contribution < 1.29 is 9.84 Å². The lowest BCUT2D eigenvalue weighted by atomic mass is 9.96. The van der Waals surface area contributed by atoms with Crippen LogP contribution in [-0.4, -0.2) is 52.2 Å². The van der Waals surface area contributed by atoms with Gasteiger partial charge in [-0.3, -0.25) is 0 Å². The summed E-state index contributed by atoms with van der Waals surface area (Å²) < 4.78 is 7.85. The molecule has 33 heavy (non-hydrogen) atoms. The number of benzene rings is 1. The van der Waals surface area contributed by atoms with Crippen LogP contribution in [0.2, 0.25) is 0 Å². The zero-order valence-corrected chi connectivity index (χ0v) is 18.6. The maximum atomic E-state index is 10.9. The van der Waals surface area contributed by atoms with Gasteiger partial charge in [-0.1, -0.05) is 24.3 Å². The van der Waals surface area contributed by atoms with Crippen molar-refractivity contribution in [2.45, 2.75) is 26.1 Å². The fraction of sp³-hybridized carbons (Fsp3) is 0.308. The summed E-state index contributed by atoms with van der Waals surface area (Å²) in [4.78, 5) is 4.70. The fourth-order valence-electron chi connectivity index (χ4n) is 4.87. The number of aliphatic hydroxyl groups excluding tert-OH is 1. The summed E-state index contributed by atoms with van der Waals surface area (Å²) in [6.45, 7) is 5.69. The molecule has 1 aromatic carbocycles. The summed E-state index contributed by atoms with van der Waals surface area (Å²) in [6.07, 6.45) is 7.25. The van der Waals surface area contributed by atoms with Crippen molar-refractivity contribution in [1.29, 1.82) is 0 Å². The molecule has 6 rings (SSSR count). The molecule has 3 aliphatic rings. The summed E-state index contributed by atoms with van der Waals surface area (Å²) in [6, 6.07) is 10.1. The third-order valence-corrected chi connectivity index (χ3v) is 6.58. The first-order chi connectivity index (χ1) is 16.2. The largest absolute Gasteiger partial charge is 0.460 e. The number of hydrogen-bond donors (Lipinski definition) is 3. The topological polar surface area (TPSA) is 83.7 Å². The zero-order chi connectivity index (χ0) is 22.4. The number of ether oxygens (including phenoxy) is 1. The van der Waals surface area contributed by atoms with Gasteiger partial charge >= 0.3 is 0 Å². The number of nitrogens with zero attached hydrogens (tertiary/aromatic N) is 3. The molecule has 1 atom stereocenters. The van der Waals surface area contributed by atoms with Gasteiger partial charge in [0, 0.05) is 24.2 Å². The molecule has 7 heteroatoms.